The first-order chi connectivity index (χ1) is 14.6. The molecule has 0 amide bonds. The van der Waals surface area contributed by atoms with Crippen LogP contribution in [0.2, 0.25) is 0 Å². The second kappa shape index (κ2) is 11.0. The fourth-order valence-corrected chi connectivity index (χ4v) is 3.70. The average molecular weight is 470 g/mol. The lowest BCUT2D eigenvalue weighted by atomic mass is 10.1. The molecule has 0 aliphatic heterocycles. The van der Waals surface area contributed by atoms with Gasteiger partial charge in [-0.1, -0.05) is 64.0 Å². The van der Waals surface area contributed by atoms with Gasteiger partial charge in [0, 0.05) is 16.6 Å². The molecule has 0 radical (unpaired) electrons. The number of aryl methyl sites for hydroxylation is 1. The highest BCUT2D eigenvalue weighted by Gasteiger charge is 2.15. The zero-order chi connectivity index (χ0) is 21.3. The number of halogens is 1. The van der Waals surface area contributed by atoms with Crippen LogP contribution >= 0.6 is 15.9 Å². The minimum atomic E-state index is 0.487. The standard InChI is InChI=1S/C25H28BrNO3/c1-18-8-10-19(11-9-18)17-30-25-21(22(26)12-13-24(25)29-3)16-27-15-14-20-6-4-5-7-23(20)28-2/h4-13,27H,14-17H2,1-3H3. The summed E-state index contributed by atoms with van der Waals surface area (Å²) >= 11 is 3.67. The summed E-state index contributed by atoms with van der Waals surface area (Å²) in [5.41, 5.74) is 4.59. The Balaban J connectivity index is 1.67. The van der Waals surface area contributed by atoms with Gasteiger partial charge in [0.05, 0.1) is 14.2 Å². The summed E-state index contributed by atoms with van der Waals surface area (Å²) in [5.74, 6) is 2.41. The maximum absolute atomic E-state index is 6.20. The molecule has 1 N–H and O–H groups in total. The quantitative estimate of drug-likeness (QED) is 0.387. The number of para-hydroxylation sites is 1. The Bertz CT molecular complexity index is 957. The first kappa shape index (κ1) is 22.2. The van der Waals surface area contributed by atoms with Crippen LogP contribution in [0.5, 0.6) is 17.2 Å². The molecule has 0 aromatic heterocycles. The summed E-state index contributed by atoms with van der Waals surface area (Å²) in [5, 5.41) is 3.52. The molecule has 0 fully saturated rings. The number of benzene rings is 3. The van der Waals surface area contributed by atoms with Gasteiger partial charge in [-0.2, -0.15) is 0 Å². The van der Waals surface area contributed by atoms with Crippen molar-refractivity contribution in [1.29, 1.82) is 0 Å². The highest BCUT2D eigenvalue weighted by Crippen LogP contribution is 2.36. The molecule has 0 unspecified atom stereocenters. The molecular weight excluding hydrogens is 442 g/mol. The van der Waals surface area contributed by atoms with Crippen LogP contribution in [-0.2, 0) is 19.6 Å². The fraction of sp³-hybridized carbons (Fsp3) is 0.280. The molecule has 30 heavy (non-hydrogen) atoms. The van der Waals surface area contributed by atoms with Gasteiger partial charge in [0.2, 0.25) is 0 Å². The third kappa shape index (κ3) is 5.77. The molecule has 3 rings (SSSR count). The van der Waals surface area contributed by atoms with Gasteiger partial charge in [0.25, 0.3) is 0 Å². The lowest BCUT2D eigenvalue weighted by Crippen LogP contribution is -2.18. The first-order valence-corrected chi connectivity index (χ1v) is 10.8. The van der Waals surface area contributed by atoms with Crippen LogP contribution in [0.3, 0.4) is 0 Å². The second-order valence-corrected chi connectivity index (χ2v) is 7.92. The summed E-state index contributed by atoms with van der Waals surface area (Å²) in [6.45, 7) is 4.05. The summed E-state index contributed by atoms with van der Waals surface area (Å²) in [6.07, 6.45) is 0.880. The largest absolute Gasteiger partial charge is 0.496 e. The smallest absolute Gasteiger partial charge is 0.167 e. The van der Waals surface area contributed by atoms with E-state index in [0.717, 1.165) is 45.8 Å². The normalized spacial score (nSPS) is 10.7. The highest BCUT2D eigenvalue weighted by molar-refractivity contribution is 9.10. The zero-order valence-electron chi connectivity index (χ0n) is 17.7. The molecule has 0 bridgehead atoms. The lowest BCUT2D eigenvalue weighted by Gasteiger charge is -2.17. The molecule has 0 aliphatic rings. The molecule has 0 atom stereocenters. The maximum atomic E-state index is 6.20. The van der Waals surface area contributed by atoms with E-state index in [9.17, 15) is 0 Å². The van der Waals surface area contributed by atoms with Gasteiger partial charge in [-0.05, 0) is 49.2 Å². The van der Waals surface area contributed by atoms with E-state index in [1.807, 2.05) is 30.3 Å². The summed E-state index contributed by atoms with van der Waals surface area (Å²) in [6, 6.07) is 20.4. The third-order valence-corrected chi connectivity index (χ3v) is 5.70. The van der Waals surface area contributed by atoms with Crippen molar-refractivity contribution >= 4 is 15.9 Å². The molecule has 4 nitrogen and oxygen atoms in total. The van der Waals surface area contributed by atoms with Crippen LogP contribution in [0.25, 0.3) is 0 Å². The topological polar surface area (TPSA) is 39.7 Å². The van der Waals surface area contributed by atoms with Gasteiger partial charge in [0.1, 0.15) is 12.4 Å². The zero-order valence-corrected chi connectivity index (χ0v) is 19.3. The van der Waals surface area contributed by atoms with Gasteiger partial charge in [-0.25, -0.2) is 0 Å². The monoisotopic (exact) mass is 469 g/mol. The van der Waals surface area contributed by atoms with Crippen LogP contribution in [0.1, 0.15) is 22.3 Å². The number of ether oxygens (including phenoxy) is 3. The van der Waals surface area contributed by atoms with Crippen molar-refractivity contribution in [3.05, 3.63) is 87.4 Å². The second-order valence-electron chi connectivity index (χ2n) is 7.07. The van der Waals surface area contributed by atoms with E-state index in [0.29, 0.717) is 13.2 Å². The molecule has 3 aromatic rings. The number of hydrogen-bond donors (Lipinski definition) is 1. The number of rotatable bonds is 10. The molecular formula is C25H28BrNO3. The summed E-state index contributed by atoms with van der Waals surface area (Å²) < 4.78 is 18.2. The number of nitrogens with one attached hydrogen (secondary N) is 1. The van der Waals surface area contributed by atoms with Crippen LogP contribution in [0.4, 0.5) is 0 Å². The number of hydrogen-bond acceptors (Lipinski definition) is 4. The van der Waals surface area contributed by atoms with Crippen molar-refractivity contribution in [2.45, 2.75) is 26.5 Å². The van der Waals surface area contributed by atoms with E-state index >= 15 is 0 Å². The fourth-order valence-electron chi connectivity index (χ4n) is 3.25. The van der Waals surface area contributed by atoms with Gasteiger partial charge >= 0.3 is 0 Å². The summed E-state index contributed by atoms with van der Waals surface area (Å²) in [4.78, 5) is 0. The van der Waals surface area contributed by atoms with Crippen LogP contribution < -0.4 is 19.5 Å². The van der Waals surface area contributed by atoms with Gasteiger partial charge in [0.15, 0.2) is 11.5 Å². The van der Waals surface area contributed by atoms with Crippen LogP contribution in [-0.4, -0.2) is 20.8 Å². The Morgan fingerprint density at radius 1 is 0.867 bits per heavy atom. The third-order valence-electron chi connectivity index (χ3n) is 4.96. The van der Waals surface area contributed by atoms with Gasteiger partial charge < -0.3 is 19.5 Å². The molecule has 158 valence electrons. The Hall–Kier alpha value is -2.50. The summed E-state index contributed by atoms with van der Waals surface area (Å²) in [7, 11) is 3.37. The Morgan fingerprint density at radius 2 is 1.60 bits per heavy atom. The molecule has 0 heterocycles. The van der Waals surface area contributed by atoms with Crippen LogP contribution in [0.15, 0.2) is 65.1 Å². The first-order valence-electron chi connectivity index (χ1n) is 9.98. The van der Waals surface area contributed by atoms with Crippen molar-refractivity contribution in [3.8, 4) is 17.2 Å². The highest BCUT2D eigenvalue weighted by atomic mass is 79.9. The van der Waals surface area contributed by atoms with E-state index in [1.165, 1.54) is 11.1 Å². The van der Waals surface area contributed by atoms with E-state index in [2.05, 4.69) is 58.5 Å². The molecule has 0 aliphatic carbocycles. The molecule has 0 saturated carbocycles. The predicted molar refractivity (Wildman–Crippen MR) is 125 cm³/mol. The van der Waals surface area contributed by atoms with E-state index in [1.54, 1.807) is 14.2 Å². The minimum Gasteiger partial charge on any atom is -0.496 e. The Morgan fingerprint density at radius 3 is 2.33 bits per heavy atom. The minimum absolute atomic E-state index is 0.487. The predicted octanol–water partition coefficient (Wildman–Crippen LogP) is 5.69. The van der Waals surface area contributed by atoms with Crippen molar-refractivity contribution in [2.75, 3.05) is 20.8 Å². The number of methoxy groups -OCH3 is 2. The van der Waals surface area contributed by atoms with Crippen molar-refractivity contribution in [3.63, 3.8) is 0 Å². The molecule has 0 saturated heterocycles. The van der Waals surface area contributed by atoms with Gasteiger partial charge in [-0.15, -0.1) is 0 Å². The molecule has 0 spiro atoms. The van der Waals surface area contributed by atoms with Crippen molar-refractivity contribution < 1.29 is 14.2 Å². The van der Waals surface area contributed by atoms with Gasteiger partial charge in [-0.3, -0.25) is 0 Å². The van der Waals surface area contributed by atoms with Crippen LogP contribution in [0, 0.1) is 6.92 Å². The van der Waals surface area contributed by atoms with Crippen molar-refractivity contribution in [1.82, 2.24) is 5.32 Å². The Labute approximate surface area is 187 Å². The van der Waals surface area contributed by atoms with E-state index < -0.39 is 0 Å². The SMILES string of the molecule is COc1ccccc1CCNCc1c(Br)ccc(OC)c1OCc1ccc(C)cc1. The average Bonchev–Trinajstić information content (AvgIpc) is 2.77. The van der Waals surface area contributed by atoms with E-state index in [4.69, 9.17) is 14.2 Å². The Kier molecular flexibility index (Phi) is 8.17. The van der Waals surface area contributed by atoms with E-state index in [-0.39, 0.29) is 0 Å². The molecule has 5 heteroatoms. The lowest BCUT2D eigenvalue weighted by molar-refractivity contribution is 0.280. The molecule has 3 aromatic carbocycles. The maximum Gasteiger partial charge on any atom is 0.167 e. The van der Waals surface area contributed by atoms with Crippen molar-refractivity contribution in [2.24, 2.45) is 0 Å².